The van der Waals surface area contributed by atoms with E-state index in [0.29, 0.717) is 35.0 Å². The normalized spacial score (nSPS) is 21.5. The summed E-state index contributed by atoms with van der Waals surface area (Å²) in [6, 6.07) is 6.34. The van der Waals surface area contributed by atoms with Crippen molar-refractivity contribution < 1.29 is 19.1 Å². The molecule has 0 bridgehead atoms. The lowest BCUT2D eigenvalue weighted by Crippen LogP contribution is -2.55. The van der Waals surface area contributed by atoms with E-state index >= 15 is 0 Å². The van der Waals surface area contributed by atoms with Crippen LogP contribution in [-0.4, -0.2) is 65.4 Å². The second kappa shape index (κ2) is 11.4. The van der Waals surface area contributed by atoms with E-state index in [9.17, 15) is 14.4 Å². The highest BCUT2D eigenvalue weighted by Crippen LogP contribution is 2.29. The van der Waals surface area contributed by atoms with Gasteiger partial charge in [-0.15, -0.1) is 23.7 Å². The van der Waals surface area contributed by atoms with Crippen LogP contribution in [0.4, 0.5) is 0 Å². The van der Waals surface area contributed by atoms with Gasteiger partial charge in [-0.05, 0) is 50.6 Å². The molecule has 9 nitrogen and oxygen atoms in total. The predicted octanol–water partition coefficient (Wildman–Crippen LogP) is 3.56. The number of hydrogen-bond acceptors (Lipinski definition) is 7. The molecule has 1 saturated carbocycles. The van der Waals surface area contributed by atoms with Crippen molar-refractivity contribution in [2.45, 2.75) is 44.3 Å². The fourth-order valence-corrected chi connectivity index (χ4v) is 6.28. The maximum atomic E-state index is 13.2. The van der Waals surface area contributed by atoms with Crippen molar-refractivity contribution in [2.24, 2.45) is 5.92 Å². The average Bonchev–Trinajstić information content (AvgIpc) is 3.48. The van der Waals surface area contributed by atoms with Crippen LogP contribution in [0.1, 0.15) is 50.1 Å². The summed E-state index contributed by atoms with van der Waals surface area (Å²) in [6.07, 6.45) is 2.28. The van der Waals surface area contributed by atoms with Crippen molar-refractivity contribution in [1.82, 2.24) is 25.5 Å². The first kappa shape index (κ1) is 27.4. The van der Waals surface area contributed by atoms with Gasteiger partial charge in [-0.1, -0.05) is 11.6 Å². The molecule has 0 radical (unpaired) electrons. The molecule has 37 heavy (non-hydrogen) atoms. The summed E-state index contributed by atoms with van der Waals surface area (Å²) in [5.74, 6) is -1.22. The maximum Gasteiger partial charge on any atom is 0.308 e. The van der Waals surface area contributed by atoms with Crippen LogP contribution >= 0.6 is 35.3 Å². The number of amides is 2. The summed E-state index contributed by atoms with van der Waals surface area (Å²) in [5, 5.41) is 7.95. The summed E-state index contributed by atoms with van der Waals surface area (Å²) in [5.41, 5.74) is 2.19. The number of hydrogen-bond donors (Lipinski definition) is 3. The molecule has 3 heterocycles. The first-order valence-corrected chi connectivity index (χ1v) is 13.1. The van der Waals surface area contributed by atoms with Crippen molar-refractivity contribution in [2.75, 3.05) is 20.7 Å². The Kier molecular flexibility index (Phi) is 8.42. The largest absolute Gasteiger partial charge is 0.469 e. The Morgan fingerprint density at radius 1 is 1.16 bits per heavy atom. The molecular weight excluding hydrogens is 537 g/mol. The van der Waals surface area contributed by atoms with Crippen LogP contribution in [-0.2, 0) is 22.5 Å². The zero-order valence-electron chi connectivity index (χ0n) is 20.5. The van der Waals surface area contributed by atoms with Crippen LogP contribution in [0, 0.1) is 5.92 Å². The molecule has 1 fully saturated rings. The number of likely N-dealkylation sites (N-methyl/N-ethyl adjacent to an activating group) is 1. The Morgan fingerprint density at radius 3 is 2.73 bits per heavy atom. The summed E-state index contributed by atoms with van der Waals surface area (Å²) in [6.45, 7) is 1.69. The number of carbonyl (C=O) groups is 3. The fraction of sp³-hybridized carbons (Fsp3) is 0.440. The van der Waals surface area contributed by atoms with Crippen LogP contribution in [0.15, 0.2) is 24.3 Å². The van der Waals surface area contributed by atoms with E-state index in [1.54, 1.807) is 18.2 Å². The number of fused-ring (bicyclic) bond motifs is 2. The van der Waals surface area contributed by atoms with E-state index in [-0.39, 0.29) is 42.2 Å². The SMILES string of the molecule is COC(=O)[C@H]1CC[C@@H](NC(=O)c2cc3cc(Cl)ccc3[nH]2)[C@@H](NC(=O)c2nc3c(s2)CN(C)CC3)C1.Cl. The number of thiazole rings is 1. The monoisotopic (exact) mass is 565 g/mol. The number of ether oxygens (including phenoxy) is 1. The number of nitrogens with zero attached hydrogens (tertiary/aromatic N) is 2. The molecule has 1 aromatic carbocycles. The van der Waals surface area contributed by atoms with Crippen LogP contribution in [0.2, 0.25) is 5.02 Å². The van der Waals surface area contributed by atoms with Gasteiger partial charge in [0.15, 0.2) is 5.01 Å². The van der Waals surface area contributed by atoms with Gasteiger partial charge in [-0.2, -0.15) is 0 Å². The molecule has 3 atom stereocenters. The topological polar surface area (TPSA) is 116 Å². The highest BCUT2D eigenvalue weighted by atomic mass is 35.5. The molecule has 3 N–H and O–H groups in total. The molecule has 1 aliphatic heterocycles. The molecule has 0 saturated heterocycles. The van der Waals surface area contributed by atoms with Gasteiger partial charge >= 0.3 is 5.97 Å². The molecule has 0 spiro atoms. The number of nitrogens with one attached hydrogen (secondary N) is 3. The van der Waals surface area contributed by atoms with Crippen molar-refractivity contribution in [3.63, 3.8) is 0 Å². The molecule has 198 valence electrons. The molecule has 2 aromatic heterocycles. The maximum absolute atomic E-state index is 13.2. The second-order valence-corrected chi connectivity index (χ2v) is 11.0. The minimum absolute atomic E-state index is 0. The number of benzene rings is 1. The van der Waals surface area contributed by atoms with Gasteiger partial charge in [0.25, 0.3) is 11.8 Å². The predicted molar refractivity (Wildman–Crippen MR) is 145 cm³/mol. The van der Waals surface area contributed by atoms with Gasteiger partial charge in [0, 0.05) is 46.4 Å². The van der Waals surface area contributed by atoms with Gasteiger partial charge in [-0.25, -0.2) is 4.98 Å². The number of H-pyrrole nitrogens is 1. The third-order valence-electron chi connectivity index (χ3n) is 6.96. The molecule has 2 amide bonds. The van der Waals surface area contributed by atoms with Gasteiger partial charge in [0.05, 0.1) is 24.8 Å². The number of methoxy groups -OCH3 is 1. The average molecular weight is 567 g/mol. The molecule has 3 aromatic rings. The number of carbonyl (C=O) groups excluding carboxylic acids is 3. The van der Waals surface area contributed by atoms with Gasteiger partial charge in [0.1, 0.15) is 5.69 Å². The van der Waals surface area contributed by atoms with Crippen molar-refractivity contribution in [3.8, 4) is 0 Å². The number of rotatable bonds is 5. The van der Waals surface area contributed by atoms with Gasteiger partial charge in [-0.3, -0.25) is 14.4 Å². The van der Waals surface area contributed by atoms with Crippen molar-refractivity contribution in [3.05, 3.63) is 50.6 Å². The Labute approximate surface area is 229 Å². The highest BCUT2D eigenvalue weighted by molar-refractivity contribution is 7.13. The minimum atomic E-state index is -0.443. The zero-order valence-corrected chi connectivity index (χ0v) is 22.9. The Morgan fingerprint density at radius 2 is 1.95 bits per heavy atom. The Bertz CT molecular complexity index is 1330. The van der Waals surface area contributed by atoms with Crippen LogP contribution in [0.5, 0.6) is 0 Å². The quantitative estimate of drug-likeness (QED) is 0.407. The van der Waals surface area contributed by atoms with Crippen LogP contribution < -0.4 is 10.6 Å². The smallest absolute Gasteiger partial charge is 0.308 e. The fourth-order valence-electron chi connectivity index (χ4n) is 5.01. The summed E-state index contributed by atoms with van der Waals surface area (Å²) >= 11 is 7.48. The Hall–Kier alpha value is -2.66. The van der Waals surface area contributed by atoms with E-state index in [1.165, 1.54) is 18.4 Å². The Balaban J connectivity index is 0.00000320. The minimum Gasteiger partial charge on any atom is -0.469 e. The second-order valence-electron chi connectivity index (χ2n) is 9.48. The summed E-state index contributed by atoms with van der Waals surface area (Å²) in [7, 11) is 3.41. The standard InChI is InChI=1S/C25H28ClN5O4S.ClH/c1-31-8-7-18-21(12-31)36-24(30-18)23(33)29-19-10-13(25(34)35-2)3-5-17(19)28-22(32)20-11-14-9-15(26)4-6-16(14)27-20;/h4,6,9,11,13,17,19,27H,3,5,7-8,10,12H2,1-2H3,(H,28,32)(H,29,33);1H/t13-,17+,19-;/m0./s1. The van der Waals surface area contributed by atoms with Crippen LogP contribution in [0.25, 0.3) is 10.9 Å². The lowest BCUT2D eigenvalue weighted by atomic mass is 9.82. The first-order chi connectivity index (χ1) is 17.3. The van der Waals surface area contributed by atoms with E-state index in [4.69, 9.17) is 16.3 Å². The van der Waals surface area contributed by atoms with Gasteiger partial charge < -0.3 is 25.3 Å². The van der Waals surface area contributed by atoms with Gasteiger partial charge in [0.2, 0.25) is 0 Å². The van der Waals surface area contributed by atoms with Crippen molar-refractivity contribution >= 4 is 64.0 Å². The summed E-state index contributed by atoms with van der Waals surface area (Å²) in [4.78, 5) is 49.5. The lowest BCUT2D eigenvalue weighted by molar-refractivity contribution is -0.146. The van der Waals surface area contributed by atoms with E-state index in [1.807, 2.05) is 13.1 Å². The third kappa shape index (κ3) is 5.93. The number of esters is 1. The molecule has 12 heteroatoms. The number of aromatic nitrogens is 2. The van der Waals surface area contributed by atoms with E-state index in [2.05, 4.69) is 25.5 Å². The number of aromatic amines is 1. The number of halogens is 2. The summed E-state index contributed by atoms with van der Waals surface area (Å²) < 4.78 is 4.95. The lowest BCUT2D eigenvalue weighted by Gasteiger charge is -2.35. The van der Waals surface area contributed by atoms with Crippen LogP contribution in [0.3, 0.4) is 0 Å². The molecule has 5 rings (SSSR count). The molecule has 1 aliphatic carbocycles. The molecule has 0 unspecified atom stereocenters. The highest BCUT2D eigenvalue weighted by Gasteiger charge is 2.37. The first-order valence-electron chi connectivity index (χ1n) is 12.0. The van der Waals surface area contributed by atoms with E-state index in [0.717, 1.165) is 41.0 Å². The molecule has 2 aliphatic rings. The van der Waals surface area contributed by atoms with E-state index < -0.39 is 6.04 Å². The zero-order chi connectivity index (χ0) is 25.4. The van der Waals surface area contributed by atoms with Crippen molar-refractivity contribution in [1.29, 1.82) is 0 Å². The molecular formula is C25H29Cl2N5O4S. The third-order valence-corrected chi connectivity index (χ3v) is 8.28.